The fourth-order valence-electron chi connectivity index (χ4n) is 3.27. The van der Waals surface area contributed by atoms with E-state index in [2.05, 4.69) is 122 Å². The summed E-state index contributed by atoms with van der Waals surface area (Å²) in [5.74, 6) is 0. The van der Waals surface area contributed by atoms with Crippen LogP contribution in [0.2, 0.25) is 26.2 Å². The van der Waals surface area contributed by atoms with Crippen LogP contribution in [0.1, 0.15) is 59.1 Å². The summed E-state index contributed by atoms with van der Waals surface area (Å²) in [6, 6.07) is 16.1. The summed E-state index contributed by atoms with van der Waals surface area (Å²) in [6.07, 6.45) is 10.0. The molecule has 0 amide bonds. The van der Waals surface area contributed by atoms with E-state index in [1.807, 2.05) is 12.2 Å². The first-order valence-corrected chi connectivity index (χ1v) is 17.8. The number of hydrogen-bond donors (Lipinski definition) is 0. The molecule has 0 bridgehead atoms. The second kappa shape index (κ2) is 15.8. The normalized spacial score (nSPS) is 12.3. The van der Waals surface area contributed by atoms with Crippen molar-refractivity contribution in [3.8, 4) is 0 Å². The molecule has 3 aromatic rings. The van der Waals surface area contributed by atoms with Crippen molar-refractivity contribution in [1.82, 2.24) is 0 Å². The maximum absolute atomic E-state index is 2.99. The number of rotatable bonds is 1. The zero-order valence-electron chi connectivity index (χ0n) is 23.2. The van der Waals surface area contributed by atoms with Gasteiger partial charge in [0, 0.05) is 16.6 Å². The second-order valence-corrected chi connectivity index (χ2v) is 21.3. The van der Waals surface area contributed by atoms with Gasteiger partial charge in [-0.3, -0.25) is 6.08 Å². The molecule has 0 aromatic heterocycles. The Morgan fingerprint density at radius 2 is 1.11 bits per heavy atom. The fourth-order valence-corrected chi connectivity index (χ4v) is 3.27. The molecule has 0 spiro atoms. The van der Waals surface area contributed by atoms with Crippen LogP contribution in [-0.2, 0) is 37.0 Å². The van der Waals surface area contributed by atoms with Gasteiger partial charge >= 0.3 is 26.2 Å². The molecule has 0 saturated heterocycles. The van der Waals surface area contributed by atoms with Crippen molar-refractivity contribution >= 4 is 38.2 Å². The first-order chi connectivity index (χ1) is 14.8. The quantitative estimate of drug-likeness (QED) is 0.290. The number of halogens is 2. The van der Waals surface area contributed by atoms with Crippen LogP contribution in [-0.4, -0.2) is 16.6 Å². The average Bonchev–Trinajstić information content (AvgIpc) is 3.37. The van der Waals surface area contributed by atoms with E-state index >= 15 is 0 Å². The van der Waals surface area contributed by atoms with Crippen molar-refractivity contribution in [3.05, 3.63) is 77.9 Å². The Morgan fingerprint density at radius 1 is 0.714 bits per heavy atom. The molecule has 2 radical (unpaired) electrons. The summed E-state index contributed by atoms with van der Waals surface area (Å²) in [5, 5.41) is 5.49. The van der Waals surface area contributed by atoms with Crippen molar-refractivity contribution in [2.24, 2.45) is 0 Å². The molecule has 4 rings (SSSR count). The molecule has 0 fully saturated rings. The van der Waals surface area contributed by atoms with E-state index < -0.39 is 0 Å². The minimum atomic E-state index is 0. The minimum Gasteiger partial charge on any atom is -1.00 e. The molecule has 5 heteroatoms. The van der Waals surface area contributed by atoms with Gasteiger partial charge in [0.25, 0.3) is 0 Å². The Balaban J connectivity index is 0. The third-order valence-corrected chi connectivity index (χ3v) is 14.0. The topological polar surface area (TPSA) is 0 Å². The van der Waals surface area contributed by atoms with E-state index in [-0.39, 0.29) is 78.5 Å². The zero-order valence-corrected chi connectivity index (χ0v) is 29.2. The smallest absolute Gasteiger partial charge is 1.00 e. The van der Waals surface area contributed by atoms with Gasteiger partial charge in [-0.05, 0) is 10.8 Å². The van der Waals surface area contributed by atoms with E-state index in [1.54, 1.807) is 0 Å². The summed E-state index contributed by atoms with van der Waals surface area (Å²) in [6.45, 7) is 23.2. The van der Waals surface area contributed by atoms with E-state index in [0.29, 0.717) is 0 Å². The van der Waals surface area contributed by atoms with Crippen LogP contribution in [0, 0.1) is 6.08 Å². The molecule has 0 N–H and O–H groups in total. The van der Waals surface area contributed by atoms with Gasteiger partial charge in [0.05, 0.1) is 0 Å². The predicted molar refractivity (Wildman–Crippen MR) is 151 cm³/mol. The van der Waals surface area contributed by atoms with Crippen molar-refractivity contribution < 1.29 is 51.0 Å². The van der Waals surface area contributed by atoms with Crippen molar-refractivity contribution in [3.63, 3.8) is 0 Å². The second-order valence-electron chi connectivity index (χ2n) is 11.3. The molecule has 0 atom stereocenters. The maximum atomic E-state index is 2.99. The van der Waals surface area contributed by atoms with E-state index in [0.717, 1.165) is 6.42 Å². The molecule has 0 heterocycles. The van der Waals surface area contributed by atoms with Crippen molar-refractivity contribution in [2.45, 2.75) is 85.0 Å². The molecule has 0 saturated carbocycles. The van der Waals surface area contributed by atoms with Gasteiger partial charge in [0.2, 0.25) is 0 Å². The molecule has 1 aliphatic rings. The van der Waals surface area contributed by atoms with Crippen LogP contribution in [0.15, 0.2) is 60.7 Å². The molecule has 3 aromatic carbocycles. The SMILES string of the molecule is CC(C)(C)c1ccc2[cH-]c3ccc(C(C)(C)C)cc3c2c1.C[Si](C)[Si](C)C.[C-]1=CC=CC1.[Cl-].[Cl-].[Zr+4]. The van der Waals surface area contributed by atoms with Crippen LogP contribution in [0.25, 0.3) is 21.5 Å². The number of hydrogen-bond acceptors (Lipinski definition) is 0. The first-order valence-electron chi connectivity index (χ1n) is 11.8. The standard InChI is InChI=1S/C21H25.C5H5.C4H12Si2.2ClH.Zr/c1-20(2,3)16-9-7-14-11-15-8-10-17(21(4,5)6)13-19(15)18(14)12-16;1-2-4-5-3-1;1-5(2)6(3)4;;;/h7-13H,1-6H3;1-3H,4H2;1-4H3;2*1H;/q2*-1;;;;+4/p-2. The Morgan fingerprint density at radius 3 is 1.34 bits per heavy atom. The van der Waals surface area contributed by atoms with Gasteiger partial charge in [-0.25, -0.2) is 12.2 Å². The Labute approximate surface area is 250 Å². The van der Waals surface area contributed by atoms with Crippen molar-refractivity contribution in [2.75, 3.05) is 0 Å². The molecule has 35 heavy (non-hydrogen) atoms. The zero-order chi connectivity index (χ0) is 24.1. The molecule has 0 nitrogen and oxygen atoms in total. The number of benzene rings is 2. The number of fused-ring (bicyclic) bond motifs is 3. The monoisotopic (exact) mass is 618 g/mol. The summed E-state index contributed by atoms with van der Waals surface area (Å²) < 4.78 is 0. The Bertz CT molecular complexity index is 997. The fraction of sp³-hybridized carbons (Fsp3) is 0.433. The van der Waals surface area contributed by atoms with Crippen LogP contribution >= 0.6 is 0 Å². The van der Waals surface area contributed by atoms with Crippen LogP contribution in [0.3, 0.4) is 0 Å². The largest absolute Gasteiger partial charge is 4.00 e. The van der Waals surface area contributed by atoms with Crippen LogP contribution < -0.4 is 24.8 Å². The van der Waals surface area contributed by atoms with Gasteiger partial charge in [-0.2, -0.15) is 6.08 Å². The summed E-state index contributed by atoms with van der Waals surface area (Å²) >= 11 is 0. The Kier molecular flexibility index (Phi) is 16.7. The third kappa shape index (κ3) is 11.3. The molecular formula is C30H42Cl2Si2Zr. The minimum absolute atomic E-state index is 0. The van der Waals surface area contributed by atoms with Crippen molar-refractivity contribution in [1.29, 1.82) is 0 Å². The van der Waals surface area contributed by atoms with Gasteiger partial charge in [0.15, 0.2) is 0 Å². The van der Waals surface area contributed by atoms with E-state index in [4.69, 9.17) is 0 Å². The van der Waals surface area contributed by atoms with Gasteiger partial charge in [0.1, 0.15) is 0 Å². The summed E-state index contributed by atoms with van der Waals surface area (Å²) in [7, 11) is 0.300. The van der Waals surface area contributed by atoms with Gasteiger partial charge in [-0.15, -0.1) is 46.2 Å². The molecule has 0 unspecified atom stereocenters. The third-order valence-electron chi connectivity index (χ3n) is 6.03. The van der Waals surface area contributed by atoms with Gasteiger partial charge in [-0.1, -0.05) is 103 Å². The van der Waals surface area contributed by atoms with Gasteiger partial charge < -0.3 is 24.8 Å². The van der Waals surface area contributed by atoms with Crippen LogP contribution in [0.4, 0.5) is 0 Å². The van der Waals surface area contributed by atoms with Crippen LogP contribution in [0.5, 0.6) is 0 Å². The molecule has 188 valence electrons. The first kappa shape index (κ1) is 36.8. The summed E-state index contributed by atoms with van der Waals surface area (Å²) in [4.78, 5) is 0. The molecule has 1 aliphatic carbocycles. The van der Waals surface area contributed by atoms with E-state index in [9.17, 15) is 0 Å². The average molecular weight is 621 g/mol. The number of allylic oxidation sites excluding steroid dienone is 4. The summed E-state index contributed by atoms with van der Waals surface area (Å²) in [5.41, 5.74) is 3.20. The van der Waals surface area contributed by atoms with E-state index in [1.165, 1.54) is 32.7 Å². The molecule has 0 aliphatic heterocycles. The Hall–Kier alpha value is -0.313. The molecular weight excluding hydrogens is 579 g/mol. The predicted octanol–water partition coefficient (Wildman–Crippen LogP) is 3.19. The maximum Gasteiger partial charge on any atom is 4.00 e.